The zero-order valence-electron chi connectivity index (χ0n) is 8.93. The first kappa shape index (κ1) is 12.7. The van der Waals surface area contributed by atoms with Crippen molar-refractivity contribution >= 4 is 28.9 Å². The largest absolute Gasteiger partial charge is 0.506 e. The number of benzene rings is 2. The van der Waals surface area contributed by atoms with Crippen molar-refractivity contribution < 1.29 is 10.0 Å². The summed E-state index contributed by atoms with van der Waals surface area (Å²) < 4.78 is 0. The molecule has 0 amide bonds. The summed E-state index contributed by atoms with van der Waals surface area (Å²) in [5.74, 6) is -0.129. The number of aromatic hydroxyl groups is 1. The van der Waals surface area contributed by atoms with E-state index in [1.54, 1.807) is 12.1 Å². The van der Waals surface area contributed by atoms with E-state index in [0.29, 0.717) is 11.1 Å². The summed E-state index contributed by atoms with van der Waals surface area (Å²) in [5.41, 5.74) is 1.06. The fourth-order valence-electron chi connectivity index (χ4n) is 1.54. The molecular formula is C12H7Cl2NO3. The van der Waals surface area contributed by atoms with E-state index in [2.05, 4.69) is 0 Å². The number of hydrogen-bond acceptors (Lipinski definition) is 3. The molecule has 0 fully saturated rings. The molecule has 0 aromatic heterocycles. The van der Waals surface area contributed by atoms with Crippen LogP contribution in [0.4, 0.5) is 5.69 Å². The van der Waals surface area contributed by atoms with Gasteiger partial charge in [-0.2, -0.15) is 0 Å². The molecule has 0 spiro atoms. The van der Waals surface area contributed by atoms with Crippen molar-refractivity contribution in [3.05, 3.63) is 56.6 Å². The highest BCUT2D eigenvalue weighted by molar-refractivity contribution is 6.36. The maximum atomic E-state index is 10.7. The number of phenolic OH excluding ortho intramolecular Hbond substituents is 1. The molecule has 1 N–H and O–H groups in total. The first-order valence-corrected chi connectivity index (χ1v) is 5.67. The fraction of sp³-hybridized carbons (Fsp3) is 0. The lowest BCUT2D eigenvalue weighted by atomic mass is 10.0. The average molecular weight is 284 g/mol. The van der Waals surface area contributed by atoms with Crippen LogP contribution in [0.1, 0.15) is 0 Å². The van der Waals surface area contributed by atoms with E-state index in [1.807, 2.05) is 0 Å². The molecule has 0 atom stereocenters. The summed E-state index contributed by atoms with van der Waals surface area (Å²) in [7, 11) is 0. The molecule has 0 aliphatic heterocycles. The van der Waals surface area contributed by atoms with Crippen LogP contribution in [0.2, 0.25) is 10.0 Å². The van der Waals surface area contributed by atoms with Crippen molar-refractivity contribution in [2.24, 2.45) is 0 Å². The summed E-state index contributed by atoms with van der Waals surface area (Å²) >= 11 is 11.8. The Hall–Kier alpha value is -1.78. The number of rotatable bonds is 2. The second-order valence-corrected chi connectivity index (χ2v) is 4.41. The topological polar surface area (TPSA) is 63.4 Å². The van der Waals surface area contributed by atoms with Crippen LogP contribution in [0.15, 0.2) is 36.4 Å². The van der Waals surface area contributed by atoms with Crippen LogP contribution in [0.3, 0.4) is 0 Å². The highest BCUT2D eigenvalue weighted by atomic mass is 35.5. The van der Waals surface area contributed by atoms with Gasteiger partial charge in [-0.3, -0.25) is 10.1 Å². The molecule has 0 heterocycles. The molecule has 18 heavy (non-hydrogen) atoms. The van der Waals surface area contributed by atoms with Gasteiger partial charge in [0.1, 0.15) is 5.75 Å². The van der Waals surface area contributed by atoms with Crippen molar-refractivity contribution in [2.75, 3.05) is 0 Å². The van der Waals surface area contributed by atoms with Crippen LogP contribution in [0.5, 0.6) is 5.75 Å². The molecule has 2 aromatic carbocycles. The number of nitro benzene ring substituents is 1. The Labute approximate surface area is 113 Å². The maximum absolute atomic E-state index is 10.7. The minimum absolute atomic E-state index is 0.0345. The standard InChI is InChI=1S/C12H7Cl2NO3/c13-10-6-12(16)11(14)5-9(10)7-2-1-3-8(4-7)15(17)18/h1-6,16H. The molecule has 0 unspecified atom stereocenters. The van der Waals surface area contributed by atoms with Gasteiger partial charge in [-0.15, -0.1) is 0 Å². The molecule has 0 radical (unpaired) electrons. The predicted octanol–water partition coefficient (Wildman–Crippen LogP) is 4.27. The first-order chi connectivity index (χ1) is 8.49. The van der Waals surface area contributed by atoms with Crippen LogP contribution >= 0.6 is 23.2 Å². The molecule has 2 rings (SSSR count). The van der Waals surface area contributed by atoms with Crippen molar-refractivity contribution in [3.8, 4) is 16.9 Å². The summed E-state index contributed by atoms with van der Waals surface area (Å²) in [4.78, 5) is 10.2. The summed E-state index contributed by atoms with van der Waals surface area (Å²) in [6.45, 7) is 0. The summed E-state index contributed by atoms with van der Waals surface area (Å²) in [5, 5.41) is 20.5. The van der Waals surface area contributed by atoms with Gasteiger partial charge in [0.25, 0.3) is 5.69 Å². The SMILES string of the molecule is O=[N+]([O-])c1cccc(-c2cc(Cl)c(O)cc2Cl)c1. The Bertz CT molecular complexity index is 629. The zero-order chi connectivity index (χ0) is 13.3. The third-order valence-electron chi connectivity index (χ3n) is 2.40. The van der Waals surface area contributed by atoms with Gasteiger partial charge in [-0.1, -0.05) is 35.3 Å². The predicted molar refractivity (Wildman–Crippen MR) is 70.2 cm³/mol. The van der Waals surface area contributed by atoms with E-state index in [0.717, 1.165) is 0 Å². The second-order valence-electron chi connectivity index (χ2n) is 3.59. The van der Waals surface area contributed by atoms with E-state index < -0.39 is 4.92 Å². The molecule has 4 nitrogen and oxygen atoms in total. The third-order valence-corrected chi connectivity index (χ3v) is 3.02. The number of non-ortho nitro benzene ring substituents is 1. The Morgan fingerprint density at radius 1 is 1.11 bits per heavy atom. The third kappa shape index (κ3) is 2.39. The number of nitrogens with zero attached hydrogens (tertiary/aromatic N) is 1. The smallest absolute Gasteiger partial charge is 0.270 e. The molecule has 0 saturated carbocycles. The van der Waals surface area contributed by atoms with Gasteiger partial charge in [-0.05, 0) is 11.6 Å². The zero-order valence-corrected chi connectivity index (χ0v) is 10.4. The van der Waals surface area contributed by atoms with Gasteiger partial charge >= 0.3 is 0 Å². The van der Waals surface area contributed by atoms with Gasteiger partial charge in [0.15, 0.2) is 0 Å². The minimum Gasteiger partial charge on any atom is -0.506 e. The lowest BCUT2D eigenvalue weighted by molar-refractivity contribution is -0.384. The molecule has 0 aliphatic carbocycles. The lowest BCUT2D eigenvalue weighted by Gasteiger charge is -2.06. The first-order valence-electron chi connectivity index (χ1n) is 4.92. The van der Waals surface area contributed by atoms with Crippen LogP contribution in [-0.4, -0.2) is 10.0 Å². The summed E-state index contributed by atoms with van der Waals surface area (Å²) in [6, 6.07) is 8.80. The maximum Gasteiger partial charge on any atom is 0.270 e. The fourth-order valence-corrected chi connectivity index (χ4v) is 1.98. The monoisotopic (exact) mass is 283 g/mol. The van der Waals surface area contributed by atoms with E-state index in [-0.39, 0.29) is 21.5 Å². The molecule has 6 heteroatoms. The van der Waals surface area contributed by atoms with Crippen molar-refractivity contribution in [1.29, 1.82) is 0 Å². The lowest BCUT2D eigenvalue weighted by Crippen LogP contribution is -1.88. The molecule has 0 saturated heterocycles. The highest BCUT2D eigenvalue weighted by Crippen LogP contribution is 2.36. The molecular weight excluding hydrogens is 277 g/mol. The van der Waals surface area contributed by atoms with Crippen LogP contribution in [-0.2, 0) is 0 Å². The van der Waals surface area contributed by atoms with Crippen LogP contribution in [0, 0.1) is 10.1 Å². The second kappa shape index (κ2) is 4.84. The van der Waals surface area contributed by atoms with Gasteiger partial charge in [0.05, 0.1) is 15.0 Å². The van der Waals surface area contributed by atoms with E-state index >= 15 is 0 Å². The van der Waals surface area contributed by atoms with Crippen molar-refractivity contribution in [1.82, 2.24) is 0 Å². The highest BCUT2D eigenvalue weighted by Gasteiger charge is 2.12. The van der Waals surface area contributed by atoms with Gasteiger partial charge in [-0.25, -0.2) is 0 Å². The van der Waals surface area contributed by atoms with E-state index in [9.17, 15) is 15.2 Å². The van der Waals surface area contributed by atoms with Gasteiger partial charge < -0.3 is 5.11 Å². The molecule has 92 valence electrons. The van der Waals surface area contributed by atoms with Crippen molar-refractivity contribution in [2.45, 2.75) is 0 Å². The van der Waals surface area contributed by atoms with Crippen molar-refractivity contribution in [3.63, 3.8) is 0 Å². The number of hydrogen-bond donors (Lipinski definition) is 1. The number of nitro groups is 1. The van der Waals surface area contributed by atoms with Gasteiger partial charge in [0.2, 0.25) is 0 Å². The Morgan fingerprint density at radius 2 is 1.83 bits per heavy atom. The van der Waals surface area contributed by atoms with Crippen LogP contribution in [0.25, 0.3) is 11.1 Å². The Kier molecular flexibility index (Phi) is 3.41. The normalized spacial score (nSPS) is 10.3. The quantitative estimate of drug-likeness (QED) is 0.661. The molecule has 0 aliphatic rings. The van der Waals surface area contributed by atoms with Crippen LogP contribution < -0.4 is 0 Å². The number of phenols is 1. The Morgan fingerprint density at radius 3 is 2.50 bits per heavy atom. The Balaban J connectivity index is 2.58. The molecule has 0 bridgehead atoms. The van der Waals surface area contributed by atoms with E-state index in [4.69, 9.17) is 23.2 Å². The summed E-state index contributed by atoms with van der Waals surface area (Å²) in [6.07, 6.45) is 0. The average Bonchev–Trinajstić information content (AvgIpc) is 2.34. The number of halogens is 2. The minimum atomic E-state index is -0.487. The van der Waals surface area contributed by atoms with E-state index in [1.165, 1.54) is 24.3 Å². The molecule has 2 aromatic rings. The van der Waals surface area contributed by atoms with Gasteiger partial charge in [0, 0.05) is 23.8 Å².